The van der Waals surface area contributed by atoms with Crippen molar-refractivity contribution in [1.82, 2.24) is 0 Å². The molecule has 4 nitrogen and oxygen atoms in total. The Labute approximate surface area is 136 Å². The number of hydrogen-bond donors (Lipinski definition) is 2. The van der Waals surface area contributed by atoms with Crippen molar-refractivity contribution in [2.24, 2.45) is 5.10 Å². The minimum atomic E-state index is 0.0632. The van der Waals surface area contributed by atoms with Gasteiger partial charge in [0.2, 0.25) is 0 Å². The summed E-state index contributed by atoms with van der Waals surface area (Å²) in [4.78, 5) is 0. The summed E-state index contributed by atoms with van der Waals surface area (Å²) < 4.78 is 5.63. The fourth-order valence-corrected chi connectivity index (χ4v) is 2.36. The highest BCUT2D eigenvalue weighted by Crippen LogP contribution is 2.34. The summed E-state index contributed by atoms with van der Waals surface area (Å²) in [6.07, 6.45) is 1.63. The second-order valence-corrected chi connectivity index (χ2v) is 5.60. The number of benzene rings is 2. The summed E-state index contributed by atoms with van der Waals surface area (Å²) in [5.41, 5.74) is 5.49. The molecule has 0 fully saturated rings. The van der Waals surface area contributed by atoms with Gasteiger partial charge >= 0.3 is 0 Å². The van der Waals surface area contributed by atoms with Gasteiger partial charge in [0.1, 0.15) is 0 Å². The monoisotopic (exact) mass is 368 g/mol. The predicted molar refractivity (Wildman–Crippen MR) is 89.8 cm³/mol. The standard InChI is InChI=1S/C15H14BrClN2O2/c1-9-12(17)4-3-5-13(9)19-18-8-10-6-11(16)15(20)14(7-10)21-2/h3-8,19-20H,1-2H3/b18-8+. The third-order valence-corrected chi connectivity index (χ3v) is 3.95. The number of nitrogens with zero attached hydrogens (tertiary/aromatic N) is 1. The molecule has 0 saturated heterocycles. The Bertz CT molecular complexity index is 690. The molecule has 110 valence electrons. The second-order valence-electron chi connectivity index (χ2n) is 4.34. The quantitative estimate of drug-likeness (QED) is 0.613. The molecule has 0 atom stereocenters. The Morgan fingerprint density at radius 3 is 2.86 bits per heavy atom. The van der Waals surface area contributed by atoms with Gasteiger partial charge in [0.25, 0.3) is 0 Å². The van der Waals surface area contributed by atoms with Gasteiger partial charge in [-0.25, -0.2) is 0 Å². The van der Waals surface area contributed by atoms with Crippen molar-refractivity contribution in [2.45, 2.75) is 6.92 Å². The Hall–Kier alpha value is -1.72. The van der Waals surface area contributed by atoms with Crippen molar-refractivity contribution in [3.63, 3.8) is 0 Å². The molecule has 0 saturated carbocycles. The molecule has 0 radical (unpaired) electrons. The summed E-state index contributed by atoms with van der Waals surface area (Å²) in [5.74, 6) is 0.443. The molecule has 21 heavy (non-hydrogen) atoms. The molecule has 0 unspecified atom stereocenters. The number of rotatable bonds is 4. The van der Waals surface area contributed by atoms with Crippen LogP contribution >= 0.6 is 27.5 Å². The van der Waals surface area contributed by atoms with Gasteiger partial charge < -0.3 is 9.84 Å². The molecular weight excluding hydrogens is 356 g/mol. The minimum absolute atomic E-state index is 0.0632. The maximum absolute atomic E-state index is 9.75. The van der Waals surface area contributed by atoms with Crippen LogP contribution < -0.4 is 10.2 Å². The van der Waals surface area contributed by atoms with Gasteiger partial charge in [0.15, 0.2) is 11.5 Å². The van der Waals surface area contributed by atoms with Gasteiger partial charge in [-0.15, -0.1) is 0 Å². The number of nitrogens with one attached hydrogen (secondary N) is 1. The van der Waals surface area contributed by atoms with Gasteiger partial charge in [0, 0.05) is 5.02 Å². The molecule has 0 spiro atoms. The maximum Gasteiger partial charge on any atom is 0.172 e. The fourth-order valence-electron chi connectivity index (χ4n) is 1.73. The number of hydrazone groups is 1. The van der Waals surface area contributed by atoms with Crippen LogP contribution in [0.5, 0.6) is 11.5 Å². The zero-order chi connectivity index (χ0) is 15.4. The van der Waals surface area contributed by atoms with Crippen LogP contribution in [0.3, 0.4) is 0 Å². The molecule has 0 amide bonds. The van der Waals surface area contributed by atoms with Gasteiger partial charge in [0.05, 0.1) is 23.5 Å². The van der Waals surface area contributed by atoms with E-state index in [1.807, 2.05) is 25.1 Å². The highest BCUT2D eigenvalue weighted by atomic mass is 79.9. The van der Waals surface area contributed by atoms with Crippen molar-refractivity contribution in [3.8, 4) is 11.5 Å². The average molecular weight is 370 g/mol. The van der Waals surface area contributed by atoms with Crippen LogP contribution in [0.25, 0.3) is 0 Å². The molecule has 6 heteroatoms. The van der Waals surface area contributed by atoms with E-state index in [4.69, 9.17) is 16.3 Å². The minimum Gasteiger partial charge on any atom is -0.503 e. The molecule has 2 aromatic rings. The molecule has 0 aliphatic heterocycles. The third kappa shape index (κ3) is 3.68. The topological polar surface area (TPSA) is 53.8 Å². The van der Waals surface area contributed by atoms with Crippen LogP contribution in [0.15, 0.2) is 39.9 Å². The Kier molecular flexibility index (Phi) is 5.09. The number of phenolic OH excluding ortho intramolecular Hbond substituents is 1. The average Bonchev–Trinajstić information content (AvgIpc) is 2.47. The Morgan fingerprint density at radius 2 is 2.14 bits per heavy atom. The largest absolute Gasteiger partial charge is 0.503 e. The van der Waals surface area contributed by atoms with Gasteiger partial charge in [-0.3, -0.25) is 5.43 Å². The molecular formula is C15H14BrClN2O2. The number of halogens is 2. The van der Waals surface area contributed by atoms with Crippen molar-refractivity contribution < 1.29 is 9.84 Å². The molecule has 0 aromatic heterocycles. The molecule has 2 N–H and O–H groups in total. The maximum atomic E-state index is 9.75. The Balaban J connectivity index is 2.18. The van der Waals surface area contributed by atoms with E-state index in [1.54, 1.807) is 18.3 Å². The number of phenols is 1. The number of ether oxygens (including phenoxy) is 1. The smallest absolute Gasteiger partial charge is 0.172 e. The number of hydrogen-bond acceptors (Lipinski definition) is 4. The number of aromatic hydroxyl groups is 1. The van der Waals surface area contributed by atoms with Gasteiger partial charge in [-0.05, 0) is 58.2 Å². The van der Waals surface area contributed by atoms with Crippen molar-refractivity contribution >= 4 is 39.4 Å². The Morgan fingerprint density at radius 1 is 1.38 bits per heavy atom. The van der Waals surface area contributed by atoms with Crippen molar-refractivity contribution in [3.05, 3.63) is 51.0 Å². The summed E-state index contributed by atoms with van der Waals surface area (Å²) >= 11 is 9.31. The summed E-state index contributed by atoms with van der Waals surface area (Å²) in [5, 5.41) is 14.6. The van der Waals surface area contributed by atoms with E-state index in [0.717, 1.165) is 16.8 Å². The predicted octanol–water partition coefficient (Wildman–Crippen LogP) is 4.57. The third-order valence-electron chi connectivity index (χ3n) is 2.94. The van der Waals surface area contributed by atoms with E-state index in [1.165, 1.54) is 7.11 Å². The van der Waals surface area contributed by atoms with E-state index >= 15 is 0 Å². The van der Waals surface area contributed by atoms with Crippen LogP contribution in [-0.4, -0.2) is 18.4 Å². The molecule has 0 aliphatic carbocycles. The van der Waals surface area contributed by atoms with Gasteiger partial charge in [-0.2, -0.15) is 5.10 Å². The molecule has 0 heterocycles. The second kappa shape index (κ2) is 6.83. The number of methoxy groups -OCH3 is 1. The summed E-state index contributed by atoms with van der Waals surface area (Å²) in [6.45, 7) is 1.92. The normalized spacial score (nSPS) is 10.9. The first-order chi connectivity index (χ1) is 10.0. The first-order valence-corrected chi connectivity index (χ1v) is 7.30. The zero-order valence-corrected chi connectivity index (χ0v) is 13.9. The van der Waals surface area contributed by atoms with E-state index in [9.17, 15) is 5.11 Å². The fraction of sp³-hybridized carbons (Fsp3) is 0.133. The first kappa shape index (κ1) is 15.7. The van der Waals surface area contributed by atoms with Crippen LogP contribution in [0.4, 0.5) is 5.69 Å². The highest BCUT2D eigenvalue weighted by molar-refractivity contribution is 9.10. The lowest BCUT2D eigenvalue weighted by Crippen LogP contribution is -1.94. The van der Waals surface area contributed by atoms with Crippen molar-refractivity contribution in [1.29, 1.82) is 0 Å². The van der Waals surface area contributed by atoms with E-state index in [-0.39, 0.29) is 5.75 Å². The van der Waals surface area contributed by atoms with Crippen molar-refractivity contribution in [2.75, 3.05) is 12.5 Å². The van der Waals surface area contributed by atoms with Crippen LogP contribution in [0.2, 0.25) is 5.02 Å². The van der Waals surface area contributed by atoms with E-state index < -0.39 is 0 Å². The molecule has 2 rings (SSSR count). The summed E-state index contributed by atoms with van der Waals surface area (Å²) in [7, 11) is 1.50. The summed E-state index contributed by atoms with van der Waals surface area (Å²) in [6, 6.07) is 9.01. The zero-order valence-electron chi connectivity index (χ0n) is 11.5. The van der Waals surface area contributed by atoms with Crippen LogP contribution in [0, 0.1) is 6.92 Å². The molecule has 0 aliphatic rings. The molecule has 2 aromatic carbocycles. The van der Waals surface area contributed by atoms with Crippen LogP contribution in [-0.2, 0) is 0 Å². The lowest BCUT2D eigenvalue weighted by atomic mass is 10.2. The lowest BCUT2D eigenvalue weighted by molar-refractivity contribution is 0.372. The van der Waals surface area contributed by atoms with E-state index in [0.29, 0.717) is 15.2 Å². The SMILES string of the molecule is COc1cc(/C=N/Nc2cccc(Cl)c2C)cc(Br)c1O. The van der Waals surface area contributed by atoms with Gasteiger partial charge in [-0.1, -0.05) is 17.7 Å². The van der Waals surface area contributed by atoms with Crippen LogP contribution in [0.1, 0.15) is 11.1 Å². The van der Waals surface area contributed by atoms with E-state index in [2.05, 4.69) is 26.5 Å². The lowest BCUT2D eigenvalue weighted by Gasteiger charge is -2.07. The number of anilines is 1. The molecule has 0 bridgehead atoms. The highest BCUT2D eigenvalue weighted by Gasteiger charge is 2.07. The first-order valence-electron chi connectivity index (χ1n) is 6.13.